The lowest BCUT2D eigenvalue weighted by atomic mass is 9.87. The van der Waals surface area contributed by atoms with Gasteiger partial charge in [-0.25, -0.2) is 0 Å². The summed E-state index contributed by atoms with van der Waals surface area (Å²) < 4.78 is 5.73. The van der Waals surface area contributed by atoms with Gasteiger partial charge in [-0.15, -0.1) is 0 Å². The Labute approximate surface area is 150 Å². The van der Waals surface area contributed by atoms with E-state index in [0.717, 1.165) is 11.3 Å². The molecule has 0 bridgehead atoms. The molecule has 4 nitrogen and oxygen atoms in total. The van der Waals surface area contributed by atoms with E-state index in [2.05, 4.69) is 43.2 Å². The van der Waals surface area contributed by atoms with E-state index >= 15 is 0 Å². The maximum absolute atomic E-state index is 12.0. The first-order valence-corrected chi connectivity index (χ1v) is 8.79. The molecule has 2 rings (SSSR count). The second-order valence-electron chi connectivity index (χ2n) is 7.30. The molecule has 1 aromatic heterocycles. The highest BCUT2D eigenvalue weighted by atomic mass is 16.5. The van der Waals surface area contributed by atoms with Crippen LogP contribution in [0.15, 0.2) is 48.8 Å². The Kier molecular flexibility index (Phi) is 6.57. The molecule has 1 unspecified atom stereocenters. The van der Waals surface area contributed by atoms with Gasteiger partial charge in [0.2, 0.25) is 5.91 Å². The number of carbonyl (C=O) groups is 1. The van der Waals surface area contributed by atoms with E-state index in [-0.39, 0.29) is 17.4 Å². The molecule has 2 aromatic rings. The quantitative estimate of drug-likeness (QED) is 0.759. The maximum Gasteiger partial charge on any atom is 0.220 e. The molecule has 0 spiro atoms. The second-order valence-corrected chi connectivity index (χ2v) is 7.30. The van der Waals surface area contributed by atoms with E-state index < -0.39 is 0 Å². The minimum Gasteiger partial charge on any atom is -0.494 e. The van der Waals surface area contributed by atoms with Gasteiger partial charge in [0.15, 0.2) is 0 Å². The van der Waals surface area contributed by atoms with Crippen molar-refractivity contribution in [2.75, 3.05) is 6.61 Å². The molecule has 0 saturated carbocycles. The van der Waals surface area contributed by atoms with Gasteiger partial charge >= 0.3 is 0 Å². The summed E-state index contributed by atoms with van der Waals surface area (Å²) in [4.78, 5) is 16.0. The van der Waals surface area contributed by atoms with Gasteiger partial charge in [0.05, 0.1) is 12.6 Å². The van der Waals surface area contributed by atoms with Gasteiger partial charge in [0.25, 0.3) is 0 Å². The number of rotatable bonds is 7. The predicted octanol–water partition coefficient (Wildman–Crippen LogP) is 4.42. The van der Waals surface area contributed by atoms with Crippen LogP contribution in [0, 0.1) is 0 Å². The number of nitrogens with zero attached hydrogens (tertiary/aromatic N) is 1. The monoisotopic (exact) mass is 340 g/mol. The lowest BCUT2D eigenvalue weighted by Gasteiger charge is -2.19. The number of aromatic nitrogens is 1. The van der Waals surface area contributed by atoms with E-state index in [0.29, 0.717) is 19.4 Å². The van der Waals surface area contributed by atoms with Gasteiger partial charge < -0.3 is 10.1 Å². The van der Waals surface area contributed by atoms with Crippen LogP contribution in [0.1, 0.15) is 57.7 Å². The van der Waals surface area contributed by atoms with Crippen LogP contribution in [0.25, 0.3) is 0 Å². The first-order valence-electron chi connectivity index (χ1n) is 8.79. The molecule has 0 aliphatic rings. The molecule has 0 aliphatic heterocycles. The minimum absolute atomic E-state index is 0.0126. The molecule has 1 heterocycles. The van der Waals surface area contributed by atoms with E-state index in [1.807, 2.05) is 31.2 Å². The Morgan fingerprint density at radius 2 is 1.76 bits per heavy atom. The van der Waals surface area contributed by atoms with Crippen molar-refractivity contribution < 1.29 is 9.53 Å². The number of hydrogen-bond acceptors (Lipinski definition) is 3. The third-order valence-corrected chi connectivity index (χ3v) is 4.12. The van der Waals surface area contributed by atoms with Crippen LogP contribution in [-0.4, -0.2) is 17.5 Å². The van der Waals surface area contributed by atoms with Crippen LogP contribution in [0.4, 0.5) is 0 Å². The first-order chi connectivity index (χ1) is 11.9. The highest BCUT2D eigenvalue weighted by Crippen LogP contribution is 2.24. The largest absolute Gasteiger partial charge is 0.494 e. The summed E-state index contributed by atoms with van der Waals surface area (Å²) in [5.41, 5.74) is 2.48. The van der Waals surface area contributed by atoms with Crippen LogP contribution < -0.4 is 10.1 Å². The number of hydrogen-bond donors (Lipinski definition) is 1. The fourth-order valence-corrected chi connectivity index (χ4v) is 2.52. The summed E-state index contributed by atoms with van der Waals surface area (Å²) in [5, 5.41) is 3.00. The third kappa shape index (κ3) is 6.22. The zero-order valence-corrected chi connectivity index (χ0v) is 15.6. The summed E-state index contributed by atoms with van der Waals surface area (Å²) in [7, 11) is 0. The summed E-state index contributed by atoms with van der Waals surface area (Å²) in [6, 6.07) is 12.0. The van der Waals surface area contributed by atoms with Gasteiger partial charge in [-0.1, -0.05) is 32.9 Å². The highest BCUT2D eigenvalue weighted by molar-refractivity contribution is 5.76. The Morgan fingerprint density at radius 1 is 1.12 bits per heavy atom. The minimum atomic E-state index is -0.0126. The molecular formula is C21H28N2O2. The van der Waals surface area contributed by atoms with E-state index in [1.54, 1.807) is 12.4 Å². The number of amides is 1. The maximum atomic E-state index is 12.0. The summed E-state index contributed by atoms with van der Waals surface area (Å²) >= 11 is 0. The van der Waals surface area contributed by atoms with Gasteiger partial charge in [0, 0.05) is 18.8 Å². The number of carbonyl (C=O) groups excluding carboxylic acids is 1. The van der Waals surface area contributed by atoms with Crippen LogP contribution in [0.2, 0.25) is 0 Å². The molecule has 0 fully saturated rings. The Balaban J connectivity index is 1.69. The number of ether oxygens (including phenoxy) is 1. The first kappa shape index (κ1) is 19.0. The van der Waals surface area contributed by atoms with Crippen LogP contribution >= 0.6 is 0 Å². The van der Waals surface area contributed by atoms with Crippen molar-refractivity contribution >= 4 is 5.91 Å². The molecule has 25 heavy (non-hydrogen) atoms. The van der Waals surface area contributed by atoms with Crippen molar-refractivity contribution in [1.29, 1.82) is 0 Å². The zero-order valence-electron chi connectivity index (χ0n) is 15.6. The van der Waals surface area contributed by atoms with Crippen molar-refractivity contribution in [2.45, 2.75) is 52.0 Å². The molecule has 1 aromatic carbocycles. The van der Waals surface area contributed by atoms with Crippen LogP contribution in [-0.2, 0) is 10.2 Å². The van der Waals surface area contributed by atoms with Crippen LogP contribution in [0.3, 0.4) is 0 Å². The average Bonchev–Trinajstić information content (AvgIpc) is 2.59. The summed E-state index contributed by atoms with van der Waals surface area (Å²) in [6.45, 7) is 9.07. The Bertz CT molecular complexity index is 661. The van der Waals surface area contributed by atoms with Crippen molar-refractivity contribution in [3.63, 3.8) is 0 Å². The van der Waals surface area contributed by atoms with E-state index in [1.165, 1.54) is 5.56 Å². The van der Waals surface area contributed by atoms with Gasteiger partial charge in [-0.2, -0.15) is 0 Å². The fraction of sp³-hybridized carbons (Fsp3) is 0.429. The highest BCUT2D eigenvalue weighted by Gasteiger charge is 2.13. The number of pyridine rings is 1. The topological polar surface area (TPSA) is 51.2 Å². The van der Waals surface area contributed by atoms with E-state index in [4.69, 9.17) is 4.74 Å². The zero-order chi connectivity index (χ0) is 18.3. The lowest BCUT2D eigenvalue weighted by molar-refractivity contribution is -0.121. The molecule has 0 radical (unpaired) electrons. The van der Waals surface area contributed by atoms with Crippen molar-refractivity contribution in [3.8, 4) is 5.75 Å². The molecule has 4 heteroatoms. The van der Waals surface area contributed by atoms with E-state index in [9.17, 15) is 4.79 Å². The third-order valence-electron chi connectivity index (χ3n) is 4.12. The second kappa shape index (κ2) is 8.65. The smallest absolute Gasteiger partial charge is 0.220 e. The van der Waals surface area contributed by atoms with Crippen LogP contribution in [0.5, 0.6) is 5.75 Å². The van der Waals surface area contributed by atoms with Gasteiger partial charge in [-0.05, 0) is 54.2 Å². The molecule has 0 aliphatic carbocycles. The predicted molar refractivity (Wildman–Crippen MR) is 101 cm³/mol. The normalized spacial score (nSPS) is 12.5. The number of nitrogens with one attached hydrogen (secondary N) is 1. The lowest BCUT2D eigenvalue weighted by Crippen LogP contribution is -2.26. The Hall–Kier alpha value is -2.36. The fourth-order valence-electron chi connectivity index (χ4n) is 2.52. The standard InChI is InChI=1S/C21H28N2O2/c1-16(17-11-13-22-14-12-17)23-20(24)6-5-15-25-19-9-7-18(8-10-19)21(2,3)4/h7-14,16H,5-6,15H2,1-4H3,(H,23,24). The molecule has 0 saturated heterocycles. The molecule has 134 valence electrons. The van der Waals surface area contributed by atoms with Crippen molar-refractivity contribution in [2.24, 2.45) is 0 Å². The summed E-state index contributed by atoms with van der Waals surface area (Å²) in [5.74, 6) is 0.884. The molecule has 1 atom stereocenters. The van der Waals surface area contributed by atoms with Crippen molar-refractivity contribution in [3.05, 3.63) is 59.9 Å². The Morgan fingerprint density at radius 3 is 2.36 bits per heavy atom. The molecular weight excluding hydrogens is 312 g/mol. The van der Waals surface area contributed by atoms with Gasteiger partial charge in [-0.3, -0.25) is 9.78 Å². The van der Waals surface area contributed by atoms with Crippen molar-refractivity contribution in [1.82, 2.24) is 10.3 Å². The number of benzene rings is 1. The molecule has 1 N–H and O–H groups in total. The SMILES string of the molecule is CC(NC(=O)CCCOc1ccc(C(C)(C)C)cc1)c1ccncc1. The molecule has 1 amide bonds. The van der Waals surface area contributed by atoms with Gasteiger partial charge in [0.1, 0.15) is 5.75 Å². The summed E-state index contributed by atoms with van der Waals surface area (Å²) in [6.07, 6.45) is 4.61. The average molecular weight is 340 g/mol.